The number of hydrogen-bond acceptors (Lipinski definition) is 7. The van der Waals surface area contributed by atoms with Crippen molar-refractivity contribution in [2.24, 2.45) is 17.6 Å². The molecule has 0 radical (unpaired) electrons. The highest BCUT2D eigenvalue weighted by Crippen LogP contribution is 2.29. The van der Waals surface area contributed by atoms with Crippen molar-refractivity contribution < 1.29 is 27.9 Å². The van der Waals surface area contributed by atoms with Gasteiger partial charge < -0.3 is 20.5 Å². The average Bonchev–Trinajstić information content (AvgIpc) is 2.98. The zero-order valence-corrected chi connectivity index (χ0v) is 27.7. The number of allylic oxidation sites excluding steroid dienone is 1. The third-order valence-corrected chi connectivity index (χ3v) is 9.24. The van der Waals surface area contributed by atoms with Gasteiger partial charge in [0.1, 0.15) is 5.75 Å². The number of ether oxygens (including phenoxy) is 1. The van der Waals surface area contributed by atoms with E-state index in [2.05, 4.69) is 0 Å². The molecule has 45 heavy (non-hydrogen) atoms. The van der Waals surface area contributed by atoms with E-state index in [-0.39, 0.29) is 36.1 Å². The van der Waals surface area contributed by atoms with Crippen LogP contribution in [0.3, 0.4) is 0 Å². The number of sulfonamides is 1. The molecule has 10 heteroatoms. The van der Waals surface area contributed by atoms with Crippen molar-refractivity contribution in [3.63, 3.8) is 0 Å². The molecule has 1 amide bonds. The van der Waals surface area contributed by atoms with Crippen LogP contribution in [-0.4, -0.2) is 73.8 Å². The first-order valence-electron chi connectivity index (χ1n) is 14.9. The predicted molar refractivity (Wildman–Crippen MR) is 176 cm³/mol. The van der Waals surface area contributed by atoms with Crippen molar-refractivity contribution in [3.05, 3.63) is 107 Å². The number of carbonyl (C=O) groups is 2. The van der Waals surface area contributed by atoms with Gasteiger partial charge in [0.2, 0.25) is 10.0 Å². The average molecular weight is 636 g/mol. The number of nitrogens with two attached hydrogens (primary N) is 1. The van der Waals surface area contributed by atoms with Crippen LogP contribution in [0.1, 0.15) is 40.9 Å². The van der Waals surface area contributed by atoms with Crippen molar-refractivity contribution in [3.8, 4) is 5.75 Å². The minimum Gasteiger partial charge on any atom is -0.480 e. The lowest BCUT2D eigenvalue weighted by molar-refractivity contribution is -0.129. The van der Waals surface area contributed by atoms with Gasteiger partial charge in [0.25, 0.3) is 5.91 Å². The Bertz CT molecular complexity index is 1550. The highest BCUT2D eigenvalue weighted by atomic mass is 32.2. The number of nitrogens with zero attached hydrogens (tertiary/aromatic N) is 2. The standard InChI is InChI=1S/C35H45N3O6S/c1-24(2)22-38(45(42,43)29-17-15-28(16-18-29)31(39)19-20-37(5)6)23-32(40)30(21-27-13-8-7-9-14-27)34(35(36)41)44-33-25(3)11-10-12-26(33)4/h7-20,24,30,32,34,40H,21-23H2,1-6H3,(H2,36,41)/b20-19+/t30-,32-,34?/m0/s1. The first-order chi connectivity index (χ1) is 21.2. The molecule has 9 nitrogen and oxygen atoms in total. The number of amides is 1. The Balaban J connectivity index is 1.98. The Hall–Kier alpha value is -3.99. The maximum atomic E-state index is 14.0. The molecular formula is C35H45N3O6S. The summed E-state index contributed by atoms with van der Waals surface area (Å²) < 4.78 is 35.4. The highest BCUT2D eigenvalue weighted by molar-refractivity contribution is 7.89. The lowest BCUT2D eigenvalue weighted by Crippen LogP contribution is -2.50. The first-order valence-corrected chi connectivity index (χ1v) is 16.4. The summed E-state index contributed by atoms with van der Waals surface area (Å²) in [5.74, 6) is -1.48. The molecule has 1 unspecified atom stereocenters. The summed E-state index contributed by atoms with van der Waals surface area (Å²) in [5, 5.41) is 11.8. The lowest BCUT2D eigenvalue weighted by atomic mass is 9.88. The number of para-hydroxylation sites is 1. The molecule has 0 aliphatic rings. The van der Waals surface area contributed by atoms with Gasteiger partial charge in [-0.2, -0.15) is 4.31 Å². The van der Waals surface area contributed by atoms with Crippen LogP contribution in [0.5, 0.6) is 5.75 Å². The number of hydrogen-bond donors (Lipinski definition) is 2. The van der Waals surface area contributed by atoms with E-state index < -0.39 is 34.1 Å². The van der Waals surface area contributed by atoms with Crippen LogP contribution in [-0.2, 0) is 21.2 Å². The number of ketones is 1. The molecule has 3 rings (SSSR count). The quantitative estimate of drug-likeness (QED) is 0.177. The van der Waals surface area contributed by atoms with Gasteiger partial charge in [0, 0.05) is 50.9 Å². The maximum Gasteiger partial charge on any atom is 0.258 e. The van der Waals surface area contributed by atoms with E-state index in [0.717, 1.165) is 16.7 Å². The number of aliphatic hydroxyl groups is 1. The molecule has 3 atom stereocenters. The van der Waals surface area contributed by atoms with Crippen LogP contribution < -0.4 is 10.5 Å². The van der Waals surface area contributed by atoms with Gasteiger partial charge >= 0.3 is 0 Å². The van der Waals surface area contributed by atoms with Crippen molar-refractivity contribution in [1.29, 1.82) is 0 Å². The molecule has 3 aromatic carbocycles. The van der Waals surface area contributed by atoms with Crippen LogP contribution in [0.15, 0.2) is 90.0 Å². The van der Waals surface area contributed by atoms with Crippen LogP contribution in [0.4, 0.5) is 0 Å². The summed E-state index contributed by atoms with van der Waals surface area (Å²) in [7, 11) is -0.516. The van der Waals surface area contributed by atoms with Gasteiger partial charge in [-0.1, -0.05) is 62.4 Å². The molecule has 0 saturated heterocycles. The third-order valence-electron chi connectivity index (χ3n) is 7.39. The monoisotopic (exact) mass is 635 g/mol. The zero-order chi connectivity index (χ0) is 33.3. The van der Waals surface area contributed by atoms with Gasteiger partial charge in [-0.05, 0) is 67.1 Å². The molecule has 0 aliphatic carbocycles. The Kier molecular flexibility index (Phi) is 12.5. The normalized spacial score (nSPS) is 14.0. The van der Waals surface area contributed by atoms with Crippen molar-refractivity contribution in [1.82, 2.24) is 9.21 Å². The number of rotatable bonds is 16. The molecule has 0 saturated carbocycles. The largest absolute Gasteiger partial charge is 0.480 e. The van der Waals surface area contributed by atoms with E-state index in [9.17, 15) is 23.1 Å². The number of carbonyl (C=O) groups excluding carboxylic acids is 2. The second-order valence-corrected chi connectivity index (χ2v) is 13.9. The Morgan fingerprint density at radius 2 is 1.51 bits per heavy atom. The van der Waals surface area contributed by atoms with Gasteiger partial charge in [-0.15, -0.1) is 0 Å². The minimum absolute atomic E-state index is 0.0127. The fraction of sp³-hybridized carbons (Fsp3) is 0.371. The first kappa shape index (κ1) is 35.5. The Labute approximate surface area is 267 Å². The van der Waals surface area contributed by atoms with Gasteiger partial charge in [-0.25, -0.2) is 8.42 Å². The van der Waals surface area contributed by atoms with Crippen molar-refractivity contribution in [2.75, 3.05) is 27.2 Å². The summed E-state index contributed by atoms with van der Waals surface area (Å²) in [6.07, 6.45) is 0.677. The lowest BCUT2D eigenvalue weighted by Gasteiger charge is -2.34. The number of aryl methyl sites for hydroxylation is 2. The minimum atomic E-state index is -4.11. The van der Waals surface area contributed by atoms with Gasteiger partial charge in [0.05, 0.1) is 11.0 Å². The van der Waals surface area contributed by atoms with Crippen LogP contribution in [0, 0.1) is 25.7 Å². The molecule has 3 N–H and O–H groups in total. The molecule has 0 aliphatic heterocycles. The summed E-state index contributed by atoms with van der Waals surface area (Å²) in [4.78, 5) is 27.1. The van der Waals surface area contributed by atoms with E-state index in [1.165, 1.54) is 34.6 Å². The zero-order valence-electron chi connectivity index (χ0n) is 26.9. The van der Waals surface area contributed by atoms with E-state index in [4.69, 9.17) is 10.5 Å². The molecule has 0 heterocycles. The Morgan fingerprint density at radius 3 is 2.04 bits per heavy atom. The number of benzene rings is 3. The molecule has 0 bridgehead atoms. The molecule has 3 aromatic rings. The fourth-order valence-corrected chi connectivity index (χ4v) is 6.70. The SMILES string of the molecule is Cc1cccc(C)c1OC(C(N)=O)[C@@H](Cc1ccccc1)[C@@H](O)CN(CC(C)C)S(=O)(=O)c1ccc(C(=O)/C=C/N(C)C)cc1. The second-order valence-electron chi connectivity index (χ2n) is 12.0. The molecule has 242 valence electrons. The predicted octanol–water partition coefficient (Wildman–Crippen LogP) is 4.36. The molecular weight excluding hydrogens is 590 g/mol. The van der Waals surface area contributed by atoms with E-state index in [0.29, 0.717) is 11.3 Å². The summed E-state index contributed by atoms with van der Waals surface area (Å²) in [6.45, 7) is 7.29. The maximum absolute atomic E-state index is 14.0. The second kappa shape index (κ2) is 15.8. The van der Waals surface area contributed by atoms with Crippen molar-refractivity contribution >= 4 is 21.7 Å². The molecule has 0 aromatic heterocycles. The molecule has 0 fully saturated rings. The summed E-state index contributed by atoms with van der Waals surface area (Å²) in [5.41, 5.74) is 8.69. The van der Waals surface area contributed by atoms with E-state index >= 15 is 0 Å². The number of primary amides is 1. The topological polar surface area (TPSA) is 130 Å². The summed E-state index contributed by atoms with van der Waals surface area (Å²) >= 11 is 0. The smallest absolute Gasteiger partial charge is 0.258 e. The van der Waals surface area contributed by atoms with Crippen molar-refractivity contribution in [2.45, 2.75) is 51.2 Å². The molecule has 0 spiro atoms. The van der Waals surface area contributed by atoms with Crippen LogP contribution in [0.25, 0.3) is 0 Å². The van der Waals surface area contributed by atoms with E-state index in [1.807, 2.05) is 76.2 Å². The third kappa shape index (κ3) is 9.75. The van der Waals surface area contributed by atoms with Crippen LogP contribution >= 0.6 is 0 Å². The summed E-state index contributed by atoms with van der Waals surface area (Å²) in [6, 6.07) is 20.6. The Morgan fingerprint density at radius 1 is 0.911 bits per heavy atom. The fourth-order valence-electron chi connectivity index (χ4n) is 5.07. The van der Waals surface area contributed by atoms with Gasteiger partial charge in [0.15, 0.2) is 11.9 Å². The van der Waals surface area contributed by atoms with E-state index in [1.54, 1.807) is 25.2 Å². The highest BCUT2D eigenvalue weighted by Gasteiger charge is 2.38. The van der Waals surface area contributed by atoms with Crippen LogP contribution in [0.2, 0.25) is 0 Å². The number of aliphatic hydroxyl groups excluding tert-OH is 1. The van der Waals surface area contributed by atoms with Gasteiger partial charge in [-0.3, -0.25) is 9.59 Å².